The van der Waals surface area contributed by atoms with Crippen molar-refractivity contribution >= 4 is 11.7 Å². The topological polar surface area (TPSA) is 58.6 Å². The van der Waals surface area contributed by atoms with Crippen molar-refractivity contribution in [2.45, 2.75) is 32.3 Å². The van der Waals surface area contributed by atoms with Crippen LogP contribution in [0.5, 0.6) is 0 Å². The molecule has 120 valence electrons. The first-order chi connectivity index (χ1) is 10.8. The quantitative estimate of drug-likeness (QED) is 0.843. The molecule has 0 radical (unpaired) electrons. The molecule has 2 aliphatic heterocycles. The zero-order valence-electron chi connectivity index (χ0n) is 13.1. The number of rotatable bonds is 3. The molecular weight excluding hydrogens is 280 g/mol. The molecule has 0 aromatic carbocycles. The average Bonchev–Trinajstić information content (AvgIpc) is 2.62. The lowest BCUT2D eigenvalue weighted by atomic mass is 9.91. The van der Waals surface area contributed by atoms with Crippen molar-refractivity contribution in [2.24, 2.45) is 5.92 Å². The third-order valence-electron chi connectivity index (χ3n) is 4.63. The highest BCUT2D eigenvalue weighted by Crippen LogP contribution is 2.26. The van der Waals surface area contributed by atoms with Gasteiger partial charge in [-0.1, -0.05) is 6.92 Å². The Bertz CT molecular complexity index is 488. The molecule has 1 aromatic heterocycles. The van der Waals surface area contributed by atoms with Gasteiger partial charge in [0, 0.05) is 39.0 Å². The Kier molecular flexibility index (Phi) is 4.87. The van der Waals surface area contributed by atoms with Crippen LogP contribution < -0.4 is 4.90 Å². The highest BCUT2D eigenvalue weighted by Gasteiger charge is 2.34. The molecule has 0 N–H and O–H groups in total. The van der Waals surface area contributed by atoms with E-state index in [0.29, 0.717) is 0 Å². The first-order valence-corrected chi connectivity index (χ1v) is 8.22. The first kappa shape index (κ1) is 15.2. The van der Waals surface area contributed by atoms with Crippen LogP contribution in [0.4, 0.5) is 5.82 Å². The Morgan fingerprint density at radius 2 is 2.18 bits per heavy atom. The van der Waals surface area contributed by atoms with Gasteiger partial charge in [0.05, 0.1) is 12.0 Å². The molecule has 0 unspecified atom stereocenters. The maximum atomic E-state index is 12.8. The summed E-state index contributed by atoms with van der Waals surface area (Å²) >= 11 is 0. The van der Waals surface area contributed by atoms with Crippen LogP contribution in [0.25, 0.3) is 0 Å². The highest BCUT2D eigenvalue weighted by atomic mass is 16.5. The van der Waals surface area contributed by atoms with Crippen molar-refractivity contribution in [3.63, 3.8) is 0 Å². The monoisotopic (exact) mass is 304 g/mol. The van der Waals surface area contributed by atoms with E-state index in [0.717, 1.165) is 57.9 Å². The molecule has 0 saturated carbocycles. The van der Waals surface area contributed by atoms with Crippen LogP contribution in [0.1, 0.15) is 26.2 Å². The van der Waals surface area contributed by atoms with E-state index in [2.05, 4.69) is 22.0 Å². The van der Waals surface area contributed by atoms with Gasteiger partial charge >= 0.3 is 0 Å². The van der Waals surface area contributed by atoms with Crippen LogP contribution in [0.2, 0.25) is 0 Å². The van der Waals surface area contributed by atoms with Crippen molar-refractivity contribution in [1.82, 2.24) is 15.1 Å². The zero-order chi connectivity index (χ0) is 15.4. The molecule has 0 bridgehead atoms. The number of hydrogen-bond acceptors (Lipinski definition) is 5. The SMILES string of the molecule is CC[C@H]1OCCC[C@H]1C(=O)N1CCN(c2cccnn2)CC1. The number of carbonyl (C=O) groups excluding carboxylic acids is 1. The fourth-order valence-corrected chi connectivity index (χ4v) is 3.38. The predicted molar refractivity (Wildman–Crippen MR) is 83.6 cm³/mol. The Morgan fingerprint density at radius 1 is 1.36 bits per heavy atom. The van der Waals surface area contributed by atoms with Gasteiger partial charge in [-0.15, -0.1) is 5.10 Å². The minimum absolute atomic E-state index is 0.0433. The van der Waals surface area contributed by atoms with Crippen LogP contribution in [-0.4, -0.2) is 59.9 Å². The molecule has 22 heavy (non-hydrogen) atoms. The average molecular weight is 304 g/mol. The Labute approximate surface area is 131 Å². The maximum absolute atomic E-state index is 12.8. The minimum atomic E-state index is 0.0433. The van der Waals surface area contributed by atoms with Gasteiger partial charge in [0.25, 0.3) is 0 Å². The number of ether oxygens (including phenoxy) is 1. The molecule has 1 aromatic rings. The van der Waals surface area contributed by atoms with E-state index in [9.17, 15) is 4.79 Å². The van der Waals surface area contributed by atoms with Crippen LogP contribution in [0, 0.1) is 5.92 Å². The fraction of sp³-hybridized carbons (Fsp3) is 0.688. The summed E-state index contributed by atoms with van der Waals surface area (Å²) in [5.74, 6) is 1.20. The number of carbonyl (C=O) groups is 1. The minimum Gasteiger partial charge on any atom is -0.377 e. The maximum Gasteiger partial charge on any atom is 0.228 e. The van der Waals surface area contributed by atoms with Gasteiger partial charge < -0.3 is 14.5 Å². The number of nitrogens with zero attached hydrogens (tertiary/aromatic N) is 4. The Balaban J connectivity index is 1.57. The molecule has 6 heteroatoms. The second-order valence-corrected chi connectivity index (χ2v) is 5.96. The third kappa shape index (κ3) is 3.21. The van der Waals surface area contributed by atoms with Crippen molar-refractivity contribution in [3.8, 4) is 0 Å². The van der Waals surface area contributed by atoms with E-state index < -0.39 is 0 Å². The molecule has 3 rings (SSSR count). The molecule has 6 nitrogen and oxygen atoms in total. The van der Waals surface area contributed by atoms with Crippen LogP contribution in [-0.2, 0) is 9.53 Å². The summed E-state index contributed by atoms with van der Waals surface area (Å²) in [7, 11) is 0. The molecule has 2 atom stereocenters. The lowest BCUT2D eigenvalue weighted by Crippen LogP contribution is -2.52. The molecular formula is C16H24N4O2. The smallest absolute Gasteiger partial charge is 0.228 e. The summed E-state index contributed by atoms with van der Waals surface area (Å²) in [6.45, 7) is 6.03. The van der Waals surface area contributed by atoms with Gasteiger partial charge in [-0.25, -0.2) is 0 Å². The molecule has 3 heterocycles. The summed E-state index contributed by atoms with van der Waals surface area (Å²) < 4.78 is 5.77. The Hall–Kier alpha value is -1.69. The lowest BCUT2D eigenvalue weighted by molar-refractivity contribution is -0.145. The van der Waals surface area contributed by atoms with E-state index in [1.165, 1.54) is 0 Å². The van der Waals surface area contributed by atoms with E-state index in [1.807, 2.05) is 17.0 Å². The van der Waals surface area contributed by atoms with Crippen LogP contribution in [0.3, 0.4) is 0 Å². The molecule has 0 aliphatic carbocycles. The van der Waals surface area contributed by atoms with Crippen LogP contribution >= 0.6 is 0 Å². The highest BCUT2D eigenvalue weighted by molar-refractivity contribution is 5.79. The molecule has 2 fully saturated rings. The van der Waals surface area contributed by atoms with Crippen molar-refractivity contribution in [2.75, 3.05) is 37.7 Å². The number of piperazine rings is 1. The third-order valence-corrected chi connectivity index (χ3v) is 4.63. The van der Waals surface area contributed by atoms with Gasteiger partial charge in [-0.2, -0.15) is 5.10 Å². The van der Waals surface area contributed by atoms with Crippen LogP contribution in [0.15, 0.2) is 18.3 Å². The fourth-order valence-electron chi connectivity index (χ4n) is 3.38. The summed E-state index contributed by atoms with van der Waals surface area (Å²) in [5, 5.41) is 8.06. The van der Waals surface area contributed by atoms with E-state index in [1.54, 1.807) is 6.20 Å². The van der Waals surface area contributed by atoms with Gasteiger partial charge in [0.1, 0.15) is 0 Å². The predicted octanol–water partition coefficient (Wildman–Crippen LogP) is 1.33. The van der Waals surface area contributed by atoms with Gasteiger partial charge in [0.2, 0.25) is 5.91 Å². The van der Waals surface area contributed by atoms with Crippen molar-refractivity contribution in [1.29, 1.82) is 0 Å². The normalized spacial score (nSPS) is 26.0. The second kappa shape index (κ2) is 7.05. The van der Waals surface area contributed by atoms with Gasteiger partial charge in [-0.05, 0) is 31.4 Å². The molecule has 1 amide bonds. The van der Waals surface area contributed by atoms with E-state index in [4.69, 9.17) is 4.74 Å². The molecule has 2 aliphatic rings. The zero-order valence-corrected chi connectivity index (χ0v) is 13.1. The lowest BCUT2D eigenvalue weighted by Gasteiger charge is -2.39. The van der Waals surface area contributed by atoms with Crippen molar-refractivity contribution < 1.29 is 9.53 Å². The Morgan fingerprint density at radius 3 is 2.86 bits per heavy atom. The molecule has 0 spiro atoms. The number of aromatic nitrogens is 2. The first-order valence-electron chi connectivity index (χ1n) is 8.22. The number of hydrogen-bond donors (Lipinski definition) is 0. The van der Waals surface area contributed by atoms with E-state index in [-0.39, 0.29) is 17.9 Å². The number of amides is 1. The number of anilines is 1. The van der Waals surface area contributed by atoms with E-state index >= 15 is 0 Å². The second-order valence-electron chi connectivity index (χ2n) is 5.96. The summed E-state index contributed by atoms with van der Waals surface area (Å²) in [5.41, 5.74) is 0. The summed E-state index contributed by atoms with van der Waals surface area (Å²) in [4.78, 5) is 16.9. The standard InChI is InChI=1S/C16H24N4O2/c1-2-14-13(5-4-12-22-14)16(21)20-10-8-19(9-11-20)15-6-3-7-17-18-15/h3,6-7,13-14H,2,4-5,8-12H2,1H3/t13-,14-/m1/s1. The van der Waals surface area contributed by atoms with Gasteiger partial charge in [0.15, 0.2) is 5.82 Å². The van der Waals surface area contributed by atoms with Crippen molar-refractivity contribution in [3.05, 3.63) is 18.3 Å². The molecule has 2 saturated heterocycles. The largest absolute Gasteiger partial charge is 0.377 e. The van der Waals surface area contributed by atoms with Gasteiger partial charge in [-0.3, -0.25) is 4.79 Å². The summed E-state index contributed by atoms with van der Waals surface area (Å²) in [6.07, 6.45) is 4.64. The summed E-state index contributed by atoms with van der Waals surface area (Å²) in [6, 6.07) is 3.86.